The van der Waals surface area contributed by atoms with Crippen LogP contribution in [0.1, 0.15) is 11.1 Å². The first kappa shape index (κ1) is 20.3. The average molecular weight is 435 g/mol. The molecule has 0 radical (unpaired) electrons. The van der Waals surface area contributed by atoms with E-state index in [9.17, 15) is 9.59 Å². The molecule has 2 aromatic carbocycles. The maximum Gasteiger partial charge on any atom is 0.336 e. The normalized spacial score (nSPS) is 10.5. The van der Waals surface area contributed by atoms with Crippen LogP contribution in [0.25, 0.3) is 6.08 Å². The topological polar surface area (TPSA) is 99.9 Å². The van der Waals surface area contributed by atoms with Gasteiger partial charge < -0.3 is 25.3 Å². The second-order valence-electron chi connectivity index (χ2n) is 5.35. The van der Waals surface area contributed by atoms with Crippen LogP contribution in [-0.4, -0.2) is 26.2 Å². The van der Waals surface area contributed by atoms with Gasteiger partial charge in [0.1, 0.15) is 5.75 Å². The van der Waals surface area contributed by atoms with Crippen LogP contribution >= 0.6 is 15.9 Å². The minimum atomic E-state index is -0.635. The Morgan fingerprint density at radius 3 is 2.44 bits per heavy atom. The molecule has 142 valence electrons. The lowest BCUT2D eigenvalue weighted by atomic mass is 10.2. The van der Waals surface area contributed by atoms with Crippen LogP contribution in [0.4, 0.5) is 4.79 Å². The highest BCUT2D eigenvalue weighted by molar-refractivity contribution is 9.10. The lowest BCUT2D eigenvalue weighted by molar-refractivity contribution is -0.129. The van der Waals surface area contributed by atoms with Gasteiger partial charge in [-0.25, -0.2) is 9.59 Å². The molecule has 0 aromatic heterocycles. The highest BCUT2D eigenvalue weighted by Gasteiger charge is 2.14. The second-order valence-corrected chi connectivity index (χ2v) is 6.21. The predicted molar refractivity (Wildman–Crippen MR) is 105 cm³/mol. The molecule has 2 amide bonds. The minimum Gasteiger partial charge on any atom is -0.497 e. The number of methoxy groups -OCH3 is 2. The van der Waals surface area contributed by atoms with Gasteiger partial charge in [-0.1, -0.05) is 12.1 Å². The van der Waals surface area contributed by atoms with Crippen molar-refractivity contribution in [2.75, 3.05) is 14.2 Å². The molecule has 0 saturated carbocycles. The number of nitrogens with one attached hydrogen (secondary N) is 1. The Bertz CT molecular complexity index is 850. The van der Waals surface area contributed by atoms with E-state index in [4.69, 9.17) is 19.9 Å². The summed E-state index contributed by atoms with van der Waals surface area (Å²) in [6, 6.07) is 9.95. The summed E-state index contributed by atoms with van der Waals surface area (Å²) < 4.78 is 16.2. The third-order valence-corrected chi connectivity index (χ3v) is 4.08. The van der Waals surface area contributed by atoms with E-state index in [-0.39, 0.29) is 12.3 Å². The largest absolute Gasteiger partial charge is 0.497 e. The van der Waals surface area contributed by atoms with Crippen molar-refractivity contribution in [2.45, 2.75) is 6.54 Å². The van der Waals surface area contributed by atoms with Crippen LogP contribution in [-0.2, 0) is 11.3 Å². The molecule has 2 aromatic rings. The van der Waals surface area contributed by atoms with Crippen molar-refractivity contribution >= 4 is 34.0 Å². The molecule has 0 saturated heterocycles. The van der Waals surface area contributed by atoms with E-state index in [1.807, 2.05) is 12.1 Å². The standard InChI is InChI=1S/C19H19BrN2O5/c1-25-14-6-3-12(4-7-14)5-8-17(23)27-18-15(20)9-13(10-16(18)26-2)11-22-19(21)24/h3-10H,11H2,1-2H3,(H3,21,22,24)/b8-5+. The first-order valence-corrected chi connectivity index (χ1v) is 8.66. The number of nitrogens with two attached hydrogens (primary N) is 1. The zero-order valence-corrected chi connectivity index (χ0v) is 16.4. The van der Waals surface area contributed by atoms with Crippen molar-refractivity contribution in [2.24, 2.45) is 5.73 Å². The zero-order chi connectivity index (χ0) is 19.8. The summed E-state index contributed by atoms with van der Waals surface area (Å²) >= 11 is 3.35. The Balaban J connectivity index is 2.11. The van der Waals surface area contributed by atoms with Crippen molar-refractivity contribution in [3.63, 3.8) is 0 Å². The van der Waals surface area contributed by atoms with E-state index in [2.05, 4.69) is 21.2 Å². The molecule has 0 heterocycles. The number of amides is 2. The molecule has 0 aliphatic rings. The molecule has 2 rings (SSSR count). The quantitative estimate of drug-likeness (QED) is 0.395. The van der Waals surface area contributed by atoms with Gasteiger partial charge >= 0.3 is 12.0 Å². The van der Waals surface area contributed by atoms with Gasteiger partial charge in [-0.15, -0.1) is 0 Å². The summed E-state index contributed by atoms with van der Waals surface area (Å²) in [5, 5.41) is 2.48. The molecule has 0 fully saturated rings. The van der Waals surface area contributed by atoms with Crippen LogP contribution in [0, 0.1) is 0 Å². The molecule has 0 unspecified atom stereocenters. The Labute approximate surface area is 165 Å². The van der Waals surface area contributed by atoms with E-state index < -0.39 is 12.0 Å². The van der Waals surface area contributed by atoms with E-state index in [1.165, 1.54) is 13.2 Å². The van der Waals surface area contributed by atoms with Gasteiger partial charge in [-0.3, -0.25) is 0 Å². The smallest absolute Gasteiger partial charge is 0.336 e. The van der Waals surface area contributed by atoms with Crippen molar-refractivity contribution in [1.29, 1.82) is 0 Å². The number of hydrogen-bond donors (Lipinski definition) is 2. The van der Waals surface area contributed by atoms with E-state index in [1.54, 1.807) is 37.5 Å². The Hall–Kier alpha value is -3.00. The number of primary amides is 1. The molecule has 8 heteroatoms. The summed E-state index contributed by atoms with van der Waals surface area (Å²) in [7, 11) is 3.04. The molecular formula is C19H19BrN2O5. The number of esters is 1. The molecule has 0 aliphatic carbocycles. The fourth-order valence-corrected chi connectivity index (χ4v) is 2.75. The summed E-state index contributed by atoms with van der Waals surface area (Å²) in [4.78, 5) is 23.0. The summed E-state index contributed by atoms with van der Waals surface area (Å²) in [5.41, 5.74) is 6.62. The molecule has 0 bridgehead atoms. The van der Waals surface area contributed by atoms with Gasteiger partial charge in [0.15, 0.2) is 11.5 Å². The second kappa shape index (κ2) is 9.63. The molecule has 0 atom stereocenters. The third kappa shape index (κ3) is 6.03. The third-order valence-electron chi connectivity index (χ3n) is 3.49. The highest BCUT2D eigenvalue weighted by Crippen LogP contribution is 2.36. The molecule has 0 spiro atoms. The van der Waals surface area contributed by atoms with Gasteiger partial charge in [0.05, 0.1) is 18.7 Å². The van der Waals surface area contributed by atoms with Crippen molar-refractivity contribution in [1.82, 2.24) is 5.32 Å². The van der Waals surface area contributed by atoms with E-state index >= 15 is 0 Å². The van der Waals surface area contributed by atoms with Crippen LogP contribution < -0.4 is 25.3 Å². The number of halogens is 1. The van der Waals surface area contributed by atoms with Crippen LogP contribution in [0.15, 0.2) is 46.9 Å². The number of rotatable bonds is 7. The first-order chi connectivity index (χ1) is 12.9. The number of ether oxygens (including phenoxy) is 3. The zero-order valence-electron chi connectivity index (χ0n) is 14.8. The fraction of sp³-hybridized carbons (Fsp3) is 0.158. The van der Waals surface area contributed by atoms with Gasteiger partial charge in [0.2, 0.25) is 0 Å². The Kier molecular flexibility index (Phi) is 7.25. The lowest BCUT2D eigenvalue weighted by Crippen LogP contribution is -2.28. The van der Waals surface area contributed by atoms with E-state index in [0.717, 1.165) is 16.9 Å². The summed E-state index contributed by atoms with van der Waals surface area (Å²) in [6.07, 6.45) is 2.95. The minimum absolute atomic E-state index is 0.218. The Morgan fingerprint density at radius 2 is 1.85 bits per heavy atom. The molecular weight excluding hydrogens is 416 g/mol. The maximum absolute atomic E-state index is 12.1. The maximum atomic E-state index is 12.1. The van der Waals surface area contributed by atoms with Gasteiger partial charge in [0, 0.05) is 12.6 Å². The predicted octanol–water partition coefficient (Wildman–Crippen LogP) is 3.25. The van der Waals surface area contributed by atoms with Crippen molar-refractivity contribution < 1.29 is 23.8 Å². The van der Waals surface area contributed by atoms with Gasteiger partial charge in [0.25, 0.3) is 0 Å². The molecule has 0 aliphatic heterocycles. The number of hydrogen-bond acceptors (Lipinski definition) is 5. The lowest BCUT2D eigenvalue weighted by Gasteiger charge is -2.12. The SMILES string of the molecule is COc1ccc(/C=C/C(=O)Oc2c(Br)cc(CNC(N)=O)cc2OC)cc1. The average Bonchev–Trinajstić information content (AvgIpc) is 2.66. The van der Waals surface area contributed by atoms with Crippen LogP contribution in [0.2, 0.25) is 0 Å². The number of carbonyl (C=O) groups excluding carboxylic acids is 2. The molecule has 7 nitrogen and oxygen atoms in total. The van der Waals surface area contributed by atoms with Crippen molar-refractivity contribution in [3.8, 4) is 17.2 Å². The number of urea groups is 1. The van der Waals surface area contributed by atoms with Gasteiger partial charge in [-0.2, -0.15) is 0 Å². The highest BCUT2D eigenvalue weighted by atomic mass is 79.9. The first-order valence-electron chi connectivity index (χ1n) is 7.86. The van der Waals surface area contributed by atoms with Crippen LogP contribution in [0.5, 0.6) is 17.2 Å². The number of carbonyl (C=O) groups is 2. The fourth-order valence-electron chi connectivity index (χ4n) is 2.18. The van der Waals surface area contributed by atoms with Crippen molar-refractivity contribution in [3.05, 3.63) is 58.1 Å². The van der Waals surface area contributed by atoms with Gasteiger partial charge in [-0.05, 0) is 57.4 Å². The molecule has 3 N–H and O–H groups in total. The van der Waals surface area contributed by atoms with Crippen LogP contribution in [0.3, 0.4) is 0 Å². The molecule has 27 heavy (non-hydrogen) atoms. The Morgan fingerprint density at radius 1 is 1.15 bits per heavy atom. The summed E-state index contributed by atoms with van der Waals surface area (Å²) in [6.45, 7) is 0.218. The number of benzene rings is 2. The van der Waals surface area contributed by atoms with E-state index in [0.29, 0.717) is 10.2 Å². The monoisotopic (exact) mass is 434 g/mol. The summed E-state index contributed by atoms with van der Waals surface area (Å²) in [5.74, 6) is 0.753.